The molecule has 0 radical (unpaired) electrons. The molecule has 1 N–H and O–H groups in total. The molecule has 0 heterocycles. The average molecular weight is 291 g/mol. The lowest BCUT2D eigenvalue weighted by atomic mass is 10.1. The van der Waals surface area contributed by atoms with Gasteiger partial charge in [-0.3, -0.25) is 9.59 Å². The Morgan fingerprint density at radius 1 is 1.33 bits per heavy atom. The Morgan fingerprint density at radius 2 is 2.05 bits per heavy atom. The number of hydrogen-bond donors (Lipinski definition) is 1. The topological polar surface area (TPSA) is 66.8 Å². The number of hydrogen-bond acceptors (Lipinski definition) is 3. The highest BCUT2D eigenvalue weighted by Crippen LogP contribution is 2.25. The predicted octanol–water partition coefficient (Wildman–Crippen LogP) is 1.73. The highest BCUT2D eigenvalue weighted by atomic mass is 16.5. The normalized spacial score (nSPS) is 14.4. The zero-order valence-electron chi connectivity index (χ0n) is 12.5. The lowest BCUT2D eigenvalue weighted by Crippen LogP contribution is -2.36. The SMILES string of the molecule is CC(CN(C)C(=O)COc1ccc2c(c1)CCC2)C(=O)O. The summed E-state index contributed by atoms with van der Waals surface area (Å²) >= 11 is 0. The van der Waals surface area contributed by atoms with Crippen molar-refractivity contribution in [3.8, 4) is 5.75 Å². The van der Waals surface area contributed by atoms with Gasteiger partial charge in [-0.15, -0.1) is 0 Å². The van der Waals surface area contributed by atoms with E-state index in [9.17, 15) is 9.59 Å². The van der Waals surface area contributed by atoms with Crippen LogP contribution in [0.5, 0.6) is 5.75 Å². The van der Waals surface area contributed by atoms with Crippen molar-refractivity contribution < 1.29 is 19.4 Å². The van der Waals surface area contributed by atoms with Crippen molar-refractivity contribution in [3.05, 3.63) is 29.3 Å². The van der Waals surface area contributed by atoms with Gasteiger partial charge in [-0.05, 0) is 42.5 Å². The monoisotopic (exact) mass is 291 g/mol. The summed E-state index contributed by atoms with van der Waals surface area (Å²) in [5.74, 6) is -1.01. The van der Waals surface area contributed by atoms with Crippen molar-refractivity contribution in [2.75, 3.05) is 20.2 Å². The van der Waals surface area contributed by atoms with Crippen LogP contribution in [0.15, 0.2) is 18.2 Å². The lowest BCUT2D eigenvalue weighted by Gasteiger charge is -2.19. The molecule has 21 heavy (non-hydrogen) atoms. The number of fused-ring (bicyclic) bond motifs is 1. The first-order valence-electron chi connectivity index (χ1n) is 7.18. The number of ether oxygens (including phenoxy) is 1. The van der Waals surface area contributed by atoms with Gasteiger partial charge in [-0.2, -0.15) is 0 Å². The molecule has 0 bridgehead atoms. The van der Waals surface area contributed by atoms with Crippen LogP contribution in [0, 0.1) is 5.92 Å². The van der Waals surface area contributed by atoms with Crippen molar-refractivity contribution in [2.24, 2.45) is 5.92 Å². The lowest BCUT2D eigenvalue weighted by molar-refractivity contribution is -0.143. The van der Waals surface area contributed by atoms with Crippen LogP contribution >= 0.6 is 0 Å². The van der Waals surface area contributed by atoms with Gasteiger partial charge >= 0.3 is 5.97 Å². The number of carboxylic acid groups (broad SMARTS) is 1. The fourth-order valence-electron chi connectivity index (χ4n) is 2.48. The Balaban J connectivity index is 1.85. The van der Waals surface area contributed by atoms with E-state index in [4.69, 9.17) is 9.84 Å². The first kappa shape index (κ1) is 15.4. The molecule has 1 aromatic carbocycles. The Labute approximate surface area is 124 Å². The van der Waals surface area contributed by atoms with Crippen LogP contribution in [-0.4, -0.2) is 42.1 Å². The van der Waals surface area contributed by atoms with Crippen molar-refractivity contribution in [3.63, 3.8) is 0 Å². The molecular formula is C16H21NO4. The third-order valence-corrected chi connectivity index (χ3v) is 3.83. The fraction of sp³-hybridized carbons (Fsp3) is 0.500. The van der Waals surface area contributed by atoms with Crippen LogP contribution in [0.1, 0.15) is 24.5 Å². The summed E-state index contributed by atoms with van der Waals surface area (Å²) in [5.41, 5.74) is 2.66. The molecule has 0 aliphatic heterocycles. The van der Waals surface area contributed by atoms with E-state index in [1.807, 2.05) is 12.1 Å². The number of nitrogens with zero attached hydrogens (tertiary/aromatic N) is 1. The zero-order chi connectivity index (χ0) is 15.4. The number of carbonyl (C=O) groups is 2. The Kier molecular flexibility index (Phi) is 4.83. The zero-order valence-corrected chi connectivity index (χ0v) is 12.5. The Morgan fingerprint density at radius 3 is 2.76 bits per heavy atom. The van der Waals surface area contributed by atoms with Gasteiger partial charge in [0.1, 0.15) is 5.75 Å². The van der Waals surface area contributed by atoms with E-state index in [1.165, 1.54) is 22.4 Å². The van der Waals surface area contributed by atoms with Gasteiger partial charge in [0.15, 0.2) is 6.61 Å². The molecule has 0 saturated carbocycles. The van der Waals surface area contributed by atoms with Gasteiger partial charge in [0.2, 0.25) is 0 Å². The number of carboxylic acids is 1. The summed E-state index contributed by atoms with van der Waals surface area (Å²) in [6.07, 6.45) is 3.36. The maximum atomic E-state index is 11.9. The van der Waals surface area contributed by atoms with Crippen molar-refractivity contribution in [2.45, 2.75) is 26.2 Å². The van der Waals surface area contributed by atoms with Gasteiger partial charge in [-0.25, -0.2) is 0 Å². The summed E-state index contributed by atoms with van der Waals surface area (Å²) < 4.78 is 5.52. The third-order valence-electron chi connectivity index (χ3n) is 3.83. The molecule has 1 aliphatic carbocycles. The maximum Gasteiger partial charge on any atom is 0.308 e. The molecule has 1 aromatic rings. The van der Waals surface area contributed by atoms with Crippen LogP contribution in [0.2, 0.25) is 0 Å². The number of aliphatic carboxylic acids is 1. The molecule has 0 saturated heterocycles. The van der Waals surface area contributed by atoms with E-state index in [0.29, 0.717) is 5.75 Å². The van der Waals surface area contributed by atoms with Crippen LogP contribution in [0.25, 0.3) is 0 Å². The standard InChI is InChI=1S/C16H21NO4/c1-11(16(19)20)9-17(2)15(18)10-21-14-7-6-12-4-3-5-13(12)8-14/h6-8,11H,3-5,9-10H2,1-2H3,(H,19,20). The fourth-order valence-corrected chi connectivity index (χ4v) is 2.48. The summed E-state index contributed by atoms with van der Waals surface area (Å²) in [4.78, 5) is 24.1. The van der Waals surface area contributed by atoms with E-state index < -0.39 is 11.9 Å². The molecule has 1 unspecified atom stereocenters. The summed E-state index contributed by atoms with van der Waals surface area (Å²) in [6.45, 7) is 1.69. The van der Waals surface area contributed by atoms with Crippen LogP contribution in [0.3, 0.4) is 0 Å². The second kappa shape index (κ2) is 6.61. The van der Waals surface area contributed by atoms with Gasteiger partial charge in [0, 0.05) is 13.6 Å². The van der Waals surface area contributed by atoms with Crippen molar-refractivity contribution in [1.29, 1.82) is 0 Å². The van der Waals surface area contributed by atoms with E-state index in [0.717, 1.165) is 12.8 Å². The van der Waals surface area contributed by atoms with Crippen LogP contribution < -0.4 is 4.74 Å². The first-order chi connectivity index (χ1) is 9.97. The van der Waals surface area contributed by atoms with Crippen LogP contribution in [-0.2, 0) is 22.4 Å². The molecule has 0 fully saturated rings. The minimum atomic E-state index is -0.908. The highest BCUT2D eigenvalue weighted by molar-refractivity contribution is 5.78. The number of carbonyl (C=O) groups excluding carboxylic acids is 1. The van der Waals surface area contributed by atoms with E-state index in [2.05, 4.69) is 6.07 Å². The molecule has 1 amide bonds. The molecule has 1 atom stereocenters. The smallest absolute Gasteiger partial charge is 0.308 e. The van der Waals surface area contributed by atoms with Crippen molar-refractivity contribution in [1.82, 2.24) is 4.90 Å². The van der Waals surface area contributed by atoms with Gasteiger partial charge in [-0.1, -0.05) is 13.0 Å². The largest absolute Gasteiger partial charge is 0.484 e. The van der Waals surface area contributed by atoms with Gasteiger partial charge in [0.05, 0.1) is 5.92 Å². The second-order valence-corrected chi connectivity index (χ2v) is 5.59. The molecule has 1 aliphatic rings. The number of rotatable bonds is 6. The quantitative estimate of drug-likeness (QED) is 0.867. The molecule has 0 aromatic heterocycles. The minimum absolute atomic E-state index is 0.0678. The van der Waals surface area contributed by atoms with E-state index >= 15 is 0 Å². The Hall–Kier alpha value is -2.04. The minimum Gasteiger partial charge on any atom is -0.484 e. The summed E-state index contributed by atoms with van der Waals surface area (Å²) in [5, 5.41) is 8.84. The molecule has 0 spiro atoms. The highest BCUT2D eigenvalue weighted by Gasteiger charge is 2.18. The molecular weight excluding hydrogens is 270 g/mol. The van der Waals surface area contributed by atoms with Crippen molar-refractivity contribution >= 4 is 11.9 Å². The Bertz CT molecular complexity index is 541. The number of benzene rings is 1. The number of amides is 1. The van der Waals surface area contributed by atoms with E-state index in [-0.39, 0.29) is 19.1 Å². The van der Waals surface area contributed by atoms with Gasteiger partial charge in [0.25, 0.3) is 5.91 Å². The van der Waals surface area contributed by atoms with E-state index in [1.54, 1.807) is 14.0 Å². The molecule has 5 nitrogen and oxygen atoms in total. The summed E-state index contributed by atoms with van der Waals surface area (Å²) in [6, 6.07) is 5.94. The number of likely N-dealkylation sites (N-methyl/N-ethyl adjacent to an activating group) is 1. The summed E-state index contributed by atoms with van der Waals surface area (Å²) in [7, 11) is 1.59. The first-order valence-corrected chi connectivity index (χ1v) is 7.18. The van der Waals surface area contributed by atoms with Gasteiger partial charge < -0.3 is 14.7 Å². The molecule has 2 rings (SSSR count). The molecule has 114 valence electrons. The third kappa shape index (κ3) is 3.97. The second-order valence-electron chi connectivity index (χ2n) is 5.59. The maximum absolute atomic E-state index is 11.9. The van der Waals surface area contributed by atoms with Crippen LogP contribution in [0.4, 0.5) is 0 Å². The molecule has 5 heteroatoms. The predicted molar refractivity (Wildman–Crippen MR) is 78.4 cm³/mol. The number of aryl methyl sites for hydroxylation is 2. The average Bonchev–Trinajstić information content (AvgIpc) is 2.91.